The van der Waals surface area contributed by atoms with Crippen molar-refractivity contribution in [1.82, 2.24) is 4.90 Å². The summed E-state index contributed by atoms with van der Waals surface area (Å²) in [6, 6.07) is 4.97. The Labute approximate surface area is 119 Å². The number of carboxylic acids is 1. The van der Waals surface area contributed by atoms with E-state index in [-0.39, 0.29) is 12.5 Å². The molecule has 0 aliphatic carbocycles. The standard InChI is InChI=1S/C12H13BrClNO3/c1-7(12(17)18)6-15(2)11(16)9-5-8(13)3-4-10(9)14/h3-5,7H,6H2,1-2H3,(H,17,18). The molecule has 1 atom stereocenters. The van der Waals surface area contributed by atoms with Gasteiger partial charge in [-0.15, -0.1) is 0 Å². The van der Waals surface area contributed by atoms with Gasteiger partial charge in [0, 0.05) is 18.1 Å². The van der Waals surface area contributed by atoms with Crippen molar-refractivity contribution in [2.75, 3.05) is 13.6 Å². The molecule has 0 radical (unpaired) electrons. The van der Waals surface area contributed by atoms with E-state index in [9.17, 15) is 9.59 Å². The summed E-state index contributed by atoms with van der Waals surface area (Å²) in [6.07, 6.45) is 0. The Balaban J connectivity index is 2.86. The summed E-state index contributed by atoms with van der Waals surface area (Å²) in [5, 5.41) is 9.16. The van der Waals surface area contributed by atoms with Gasteiger partial charge in [0.25, 0.3) is 5.91 Å². The number of carboxylic acid groups (broad SMARTS) is 1. The third kappa shape index (κ3) is 3.71. The van der Waals surface area contributed by atoms with Crippen LogP contribution >= 0.6 is 27.5 Å². The lowest BCUT2D eigenvalue weighted by Crippen LogP contribution is -2.33. The quantitative estimate of drug-likeness (QED) is 0.921. The summed E-state index contributed by atoms with van der Waals surface area (Å²) in [4.78, 5) is 24.2. The molecule has 1 rings (SSSR count). The van der Waals surface area contributed by atoms with Crippen LogP contribution in [0.2, 0.25) is 5.02 Å². The lowest BCUT2D eigenvalue weighted by molar-refractivity contribution is -0.141. The largest absolute Gasteiger partial charge is 0.481 e. The highest BCUT2D eigenvalue weighted by molar-refractivity contribution is 9.10. The molecule has 0 fully saturated rings. The van der Waals surface area contributed by atoms with Crippen molar-refractivity contribution in [2.45, 2.75) is 6.92 Å². The van der Waals surface area contributed by atoms with Crippen molar-refractivity contribution in [2.24, 2.45) is 5.92 Å². The highest BCUT2D eigenvalue weighted by atomic mass is 79.9. The van der Waals surface area contributed by atoms with Crippen LogP contribution in [-0.4, -0.2) is 35.5 Å². The van der Waals surface area contributed by atoms with Gasteiger partial charge in [0.15, 0.2) is 0 Å². The predicted octanol–water partition coefficient (Wildman–Crippen LogP) is 2.90. The summed E-state index contributed by atoms with van der Waals surface area (Å²) >= 11 is 9.21. The zero-order valence-corrected chi connectivity index (χ0v) is 12.3. The van der Waals surface area contributed by atoms with Crippen molar-refractivity contribution in [3.8, 4) is 0 Å². The third-order valence-corrected chi connectivity index (χ3v) is 3.30. The number of halogens is 2. The first-order valence-electron chi connectivity index (χ1n) is 5.26. The molecule has 0 aromatic heterocycles. The van der Waals surface area contributed by atoms with E-state index in [0.29, 0.717) is 10.6 Å². The molecule has 98 valence electrons. The minimum atomic E-state index is -0.935. The van der Waals surface area contributed by atoms with Gasteiger partial charge in [0.2, 0.25) is 0 Å². The van der Waals surface area contributed by atoms with Crippen LogP contribution in [0.3, 0.4) is 0 Å². The van der Waals surface area contributed by atoms with Gasteiger partial charge in [-0.1, -0.05) is 34.5 Å². The van der Waals surface area contributed by atoms with Crippen molar-refractivity contribution < 1.29 is 14.7 Å². The molecular formula is C12H13BrClNO3. The second kappa shape index (κ2) is 6.20. The van der Waals surface area contributed by atoms with E-state index < -0.39 is 11.9 Å². The third-order valence-electron chi connectivity index (χ3n) is 2.47. The van der Waals surface area contributed by atoms with Crippen molar-refractivity contribution >= 4 is 39.4 Å². The number of aliphatic carboxylic acids is 1. The lowest BCUT2D eigenvalue weighted by Gasteiger charge is -2.20. The molecular weight excluding hydrogens is 321 g/mol. The summed E-state index contributed by atoms with van der Waals surface area (Å²) in [6.45, 7) is 1.69. The first-order valence-corrected chi connectivity index (χ1v) is 6.43. The van der Waals surface area contributed by atoms with Crippen LogP contribution in [0, 0.1) is 5.92 Å². The summed E-state index contributed by atoms with van der Waals surface area (Å²) < 4.78 is 0.745. The number of amides is 1. The van der Waals surface area contributed by atoms with E-state index in [2.05, 4.69) is 15.9 Å². The van der Waals surface area contributed by atoms with Crippen LogP contribution in [0.5, 0.6) is 0 Å². The highest BCUT2D eigenvalue weighted by Crippen LogP contribution is 2.22. The van der Waals surface area contributed by atoms with Crippen LogP contribution in [0.25, 0.3) is 0 Å². The molecule has 1 aromatic carbocycles. The van der Waals surface area contributed by atoms with Gasteiger partial charge in [0.05, 0.1) is 16.5 Å². The van der Waals surface area contributed by atoms with Crippen molar-refractivity contribution in [1.29, 1.82) is 0 Å². The van der Waals surface area contributed by atoms with Gasteiger partial charge in [0.1, 0.15) is 0 Å². The SMILES string of the molecule is CC(CN(C)C(=O)c1cc(Br)ccc1Cl)C(=O)O. The highest BCUT2D eigenvalue weighted by Gasteiger charge is 2.20. The van der Waals surface area contributed by atoms with E-state index >= 15 is 0 Å². The number of benzene rings is 1. The Morgan fingerprint density at radius 2 is 2.11 bits per heavy atom. The zero-order chi connectivity index (χ0) is 13.9. The van der Waals surface area contributed by atoms with Gasteiger partial charge < -0.3 is 10.0 Å². The molecule has 0 aliphatic heterocycles. The number of hydrogen-bond acceptors (Lipinski definition) is 2. The summed E-state index contributed by atoms with van der Waals surface area (Å²) in [7, 11) is 1.55. The van der Waals surface area contributed by atoms with E-state index in [1.807, 2.05) is 0 Å². The zero-order valence-electron chi connectivity index (χ0n) is 9.98. The molecule has 0 saturated carbocycles. The second-order valence-electron chi connectivity index (χ2n) is 4.05. The van der Waals surface area contributed by atoms with Gasteiger partial charge >= 0.3 is 5.97 Å². The van der Waals surface area contributed by atoms with Crippen LogP contribution in [0.4, 0.5) is 0 Å². The fraction of sp³-hybridized carbons (Fsp3) is 0.333. The van der Waals surface area contributed by atoms with Crippen molar-refractivity contribution in [3.63, 3.8) is 0 Å². The number of rotatable bonds is 4. The maximum absolute atomic E-state index is 12.1. The molecule has 0 spiro atoms. The normalized spacial score (nSPS) is 12.0. The second-order valence-corrected chi connectivity index (χ2v) is 5.37. The van der Waals surface area contributed by atoms with Crippen LogP contribution in [-0.2, 0) is 4.79 Å². The number of carbonyl (C=O) groups excluding carboxylic acids is 1. The number of hydrogen-bond donors (Lipinski definition) is 1. The Kier molecular flexibility index (Phi) is 5.16. The fourth-order valence-electron chi connectivity index (χ4n) is 1.44. The summed E-state index contributed by atoms with van der Waals surface area (Å²) in [5.74, 6) is -1.85. The Morgan fingerprint density at radius 3 is 2.67 bits per heavy atom. The maximum atomic E-state index is 12.1. The average Bonchev–Trinajstić information content (AvgIpc) is 2.31. The molecule has 4 nitrogen and oxygen atoms in total. The molecule has 1 aromatic rings. The first kappa shape index (κ1) is 15.0. The van der Waals surface area contributed by atoms with Gasteiger partial charge in [-0.05, 0) is 18.2 Å². The minimum Gasteiger partial charge on any atom is -0.481 e. The molecule has 0 aliphatic rings. The first-order chi connectivity index (χ1) is 8.32. The molecule has 1 unspecified atom stereocenters. The topological polar surface area (TPSA) is 57.6 Å². The molecule has 0 heterocycles. The Morgan fingerprint density at radius 1 is 1.50 bits per heavy atom. The van der Waals surface area contributed by atoms with Crippen LogP contribution in [0.15, 0.2) is 22.7 Å². The predicted molar refractivity (Wildman–Crippen MR) is 72.9 cm³/mol. The van der Waals surface area contributed by atoms with E-state index in [1.165, 1.54) is 4.90 Å². The molecule has 1 amide bonds. The molecule has 18 heavy (non-hydrogen) atoms. The molecule has 1 N–H and O–H groups in total. The van der Waals surface area contributed by atoms with E-state index in [4.69, 9.17) is 16.7 Å². The van der Waals surface area contributed by atoms with Crippen LogP contribution in [0.1, 0.15) is 17.3 Å². The monoisotopic (exact) mass is 333 g/mol. The Hall–Kier alpha value is -1.07. The van der Waals surface area contributed by atoms with Gasteiger partial charge in [-0.3, -0.25) is 9.59 Å². The fourth-order valence-corrected chi connectivity index (χ4v) is 2.00. The maximum Gasteiger partial charge on any atom is 0.308 e. The van der Waals surface area contributed by atoms with Crippen LogP contribution < -0.4 is 0 Å². The summed E-state index contributed by atoms with van der Waals surface area (Å²) in [5.41, 5.74) is 0.353. The molecule has 0 saturated heterocycles. The number of nitrogens with zero attached hydrogens (tertiary/aromatic N) is 1. The Bertz CT molecular complexity index is 478. The van der Waals surface area contributed by atoms with E-state index in [1.54, 1.807) is 32.2 Å². The van der Waals surface area contributed by atoms with Crippen molar-refractivity contribution in [3.05, 3.63) is 33.3 Å². The number of carbonyl (C=O) groups is 2. The van der Waals surface area contributed by atoms with E-state index in [0.717, 1.165) is 4.47 Å². The molecule has 6 heteroatoms. The van der Waals surface area contributed by atoms with Gasteiger partial charge in [-0.2, -0.15) is 0 Å². The van der Waals surface area contributed by atoms with Gasteiger partial charge in [-0.25, -0.2) is 0 Å². The lowest BCUT2D eigenvalue weighted by atomic mass is 10.1. The minimum absolute atomic E-state index is 0.136. The molecule has 0 bridgehead atoms. The smallest absolute Gasteiger partial charge is 0.308 e. The average molecular weight is 335 g/mol.